The Kier molecular flexibility index (Phi) is 4.13. The zero-order valence-electron chi connectivity index (χ0n) is 11.7. The van der Waals surface area contributed by atoms with Crippen LogP contribution in [0.25, 0.3) is 11.3 Å². The van der Waals surface area contributed by atoms with E-state index in [-0.39, 0.29) is 0 Å². The van der Waals surface area contributed by atoms with Gasteiger partial charge in [0.2, 0.25) is 0 Å². The summed E-state index contributed by atoms with van der Waals surface area (Å²) < 4.78 is 11.1. The number of hydrogen-bond acceptors (Lipinski definition) is 3. The third kappa shape index (κ3) is 3.38. The smallest absolute Gasteiger partial charge is 0.134 e. The van der Waals surface area contributed by atoms with Gasteiger partial charge in [0.25, 0.3) is 0 Å². The van der Waals surface area contributed by atoms with Gasteiger partial charge in [0.15, 0.2) is 0 Å². The number of rotatable bonds is 5. The highest BCUT2D eigenvalue weighted by Gasteiger charge is 2.08. The SMILES string of the molecule is Cc1ccc(Cl)cc1-c1ccc(CNCc2ccco2)o1. The second-order valence-electron chi connectivity index (χ2n) is 4.91. The average Bonchev–Trinajstić information content (AvgIpc) is 3.13. The van der Waals surface area contributed by atoms with Gasteiger partial charge in [0, 0.05) is 10.6 Å². The molecule has 0 unspecified atom stereocenters. The zero-order valence-corrected chi connectivity index (χ0v) is 12.5. The molecular weight excluding hydrogens is 286 g/mol. The summed E-state index contributed by atoms with van der Waals surface area (Å²) in [7, 11) is 0. The second-order valence-corrected chi connectivity index (χ2v) is 5.34. The van der Waals surface area contributed by atoms with Gasteiger partial charge in [-0.05, 0) is 48.9 Å². The van der Waals surface area contributed by atoms with Crippen LogP contribution in [0.1, 0.15) is 17.1 Å². The standard InChI is InChI=1S/C17H16ClNO2/c1-12-4-5-13(18)9-16(12)17-7-6-15(21-17)11-19-10-14-3-2-8-20-14/h2-9,19H,10-11H2,1H3. The Morgan fingerprint density at radius 3 is 2.71 bits per heavy atom. The molecular formula is C17H16ClNO2. The Bertz CT molecular complexity index is 716. The van der Waals surface area contributed by atoms with Crippen LogP contribution in [0.5, 0.6) is 0 Å². The van der Waals surface area contributed by atoms with Crippen molar-refractivity contribution in [3.63, 3.8) is 0 Å². The molecule has 2 heterocycles. The summed E-state index contributed by atoms with van der Waals surface area (Å²) >= 11 is 6.05. The Morgan fingerprint density at radius 2 is 1.90 bits per heavy atom. The van der Waals surface area contributed by atoms with Gasteiger partial charge >= 0.3 is 0 Å². The minimum absolute atomic E-state index is 0.653. The summed E-state index contributed by atoms with van der Waals surface area (Å²) in [6.45, 7) is 3.38. The molecule has 4 heteroatoms. The molecule has 3 aromatic rings. The van der Waals surface area contributed by atoms with E-state index in [1.165, 1.54) is 0 Å². The summed E-state index contributed by atoms with van der Waals surface area (Å²) in [6, 6.07) is 13.6. The third-order valence-corrected chi connectivity index (χ3v) is 3.54. The summed E-state index contributed by atoms with van der Waals surface area (Å²) in [6.07, 6.45) is 1.67. The van der Waals surface area contributed by atoms with Crippen LogP contribution in [0.2, 0.25) is 5.02 Å². The maximum absolute atomic E-state index is 6.05. The number of benzene rings is 1. The van der Waals surface area contributed by atoms with Crippen LogP contribution in [0.4, 0.5) is 0 Å². The summed E-state index contributed by atoms with van der Waals surface area (Å²) in [5, 5.41) is 3.99. The monoisotopic (exact) mass is 301 g/mol. The van der Waals surface area contributed by atoms with Gasteiger partial charge in [-0.3, -0.25) is 0 Å². The summed E-state index contributed by atoms with van der Waals surface area (Å²) in [4.78, 5) is 0. The Morgan fingerprint density at radius 1 is 1.05 bits per heavy atom. The van der Waals surface area contributed by atoms with Crippen LogP contribution in [-0.4, -0.2) is 0 Å². The van der Waals surface area contributed by atoms with E-state index in [1.807, 2.05) is 49.4 Å². The first-order valence-electron chi connectivity index (χ1n) is 6.81. The minimum atomic E-state index is 0.653. The predicted octanol–water partition coefficient (Wildman–Crippen LogP) is 4.79. The van der Waals surface area contributed by atoms with E-state index in [0.717, 1.165) is 28.4 Å². The van der Waals surface area contributed by atoms with Crippen molar-refractivity contribution < 1.29 is 8.83 Å². The molecule has 0 aliphatic heterocycles. The molecule has 0 spiro atoms. The quantitative estimate of drug-likeness (QED) is 0.736. The lowest BCUT2D eigenvalue weighted by Gasteiger charge is -2.03. The molecule has 0 saturated heterocycles. The second kappa shape index (κ2) is 6.20. The van der Waals surface area contributed by atoms with E-state index in [2.05, 4.69) is 5.32 Å². The predicted molar refractivity (Wildman–Crippen MR) is 83.1 cm³/mol. The molecule has 1 N–H and O–H groups in total. The van der Waals surface area contributed by atoms with Gasteiger partial charge in [0.1, 0.15) is 17.3 Å². The van der Waals surface area contributed by atoms with Gasteiger partial charge < -0.3 is 14.2 Å². The van der Waals surface area contributed by atoms with Crippen molar-refractivity contribution in [2.75, 3.05) is 0 Å². The largest absolute Gasteiger partial charge is 0.468 e. The summed E-state index contributed by atoms with van der Waals surface area (Å²) in [5.41, 5.74) is 2.17. The fourth-order valence-electron chi connectivity index (χ4n) is 2.20. The van der Waals surface area contributed by atoms with Crippen molar-refractivity contribution >= 4 is 11.6 Å². The van der Waals surface area contributed by atoms with Crippen LogP contribution >= 0.6 is 11.6 Å². The van der Waals surface area contributed by atoms with Gasteiger partial charge in [-0.1, -0.05) is 17.7 Å². The highest BCUT2D eigenvalue weighted by Crippen LogP contribution is 2.28. The van der Waals surface area contributed by atoms with Gasteiger partial charge in [-0.25, -0.2) is 0 Å². The molecule has 0 saturated carbocycles. The fourth-order valence-corrected chi connectivity index (χ4v) is 2.37. The molecule has 3 nitrogen and oxygen atoms in total. The highest BCUT2D eigenvalue weighted by atomic mass is 35.5. The van der Waals surface area contributed by atoms with Crippen molar-refractivity contribution in [3.05, 3.63) is 70.8 Å². The van der Waals surface area contributed by atoms with Gasteiger partial charge in [-0.15, -0.1) is 0 Å². The first kappa shape index (κ1) is 14.0. The first-order chi connectivity index (χ1) is 10.2. The van der Waals surface area contributed by atoms with E-state index in [9.17, 15) is 0 Å². The van der Waals surface area contributed by atoms with E-state index < -0.39 is 0 Å². The molecule has 3 rings (SSSR count). The molecule has 0 aliphatic carbocycles. The summed E-state index contributed by atoms with van der Waals surface area (Å²) in [5.74, 6) is 2.63. The van der Waals surface area contributed by atoms with Crippen LogP contribution in [0.15, 0.2) is 57.6 Å². The first-order valence-corrected chi connectivity index (χ1v) is 7.18. The van der Waals surface area contributed by atoms with Crippen molar-refractivity contribution in [1.82, 2.24) is 5.32 Å². The maximum Gasteiger partial charge on any atom is 0.134 e. The molecule has 0 amide bonds. The number of furan rings is 2. The lowest BCUT2D eigenvalue weighted by Crippen LogP contribution is -2.11. The van der Waals surface area contributed by atoms with E-state index in [1.54, 1.807) is 6.26 Å². The van der Waals surface area contributed by atoms with Crippen LogP contribution in [0.3, 0.4) is 0 Å². The molecule has 0 atom stereocenters. The van der Waals surface area contributed by atoms with Crippen molar-refractivity contribution in [1.29, 1.82) is 0 Å². The number of halogens is 1. The molecule has 0 aliphatic rings. The molecule has 0 bridgehead atoms. The molecule has 0 radical (unpaired) electrons. The van der Waals surface area contributed by atoms with Crippen molar-refractivity contribution in [2.24, 2.45) is 0 Å². The Labute approximate surface area is 128 Å². The van der Waals surface area contributed by atoms with E-state index >= 15 is 0 Å². The minimum Gasteiger partial charge on any atom is -0.468 e. The topological polar surface area (TPSA) is 38.3 Å². The molecule has 21 heavy (non-hydrogen) atoms. The average molecular weight is 302 g/mol. The highest BCUT2D eigenvalue weighted by molar-refractivity contribution is 6.30. The molecule has 2 aromatic heterocycles. The van der Waals surface area contributed by atoms with Gasteiger partial charge in [0.05, 0.1) is 19.4 Å². The third-order valence-electron chi connectivity index (χ3n) is 3.31. The maximum atomic E-state index is 6.05. The zero-order chi connectivity index (χ0) is 14.7. The fraction of sp³-hybridized carbons (Fsp3) is 0.176. The normalized spacial score (nSPS) is 11.0. The number of nitrogens with one attached hydrogen (secondary N) is 1. The molecule has 1 aromatic carbocycles. The molecule has 108 valence electrons. The Hall–Kier alpha value is -1.97. The van der Waals surface area contributed by atoms with Gasteiger partial charge in [-0.2, -0.15) is 0 Å². The number of hydrogen-bond donors (Lipinski definition) is 1. The van der Waals surface area contributed by atoms with Crippen LogP contribution < -0.4 is 5.32 Å². The van der Waals surface area contributed by atoms with Crippen molar-refractivity contribution in [2.45, 2.75) is 20.0 Å². The van der Waals surface area contributed by atoms with E-state index in [4.69, 9.17) is 20.4 Å². The molecule has 0 fully saturated rings. The lowest BCUT2D eigenvalue weighted by atomic mass is 10.1. The van der Waals surface area contributed by atoms with Crippen molar-refractivity contribution in [3.8, 4) is 11.3 Å². The van der Waals surface area contributed by atoms with E-state index in [0.29, 0.717) is 18.1 Å². The van der Waals surface area contributed by atoms with Crippen LogP contribution in [-0.2, 0) is 13.1 Å². The Balaban J connectivity index is 1.67. The number of aryl methyl sites for hydroxylation is 1. The lowest BCUT2D eigenvalue weighted by molar-refractivity contribution is 0.455. The van der Waals surface area contributed by atoms with Crippen LogP contribution in [0, 0.1) is 6.92 Å².